The largest absolute Gasteiger partial charge is 0.490 e. The van der Waals surface area contributed by atoms with Crippen LogP contribution >= 0.6 is 0 Å². The van der Waals surface area contributed by atoms with Crippen LogP contribution in [0.4, 0.5) is 15.8 Å². The van der Waals surface area contributed by atoms with E-state index in [0.717, 1.165) is 28.9 Å². The normalized spacial score (nSPS) is 10.6. The molecule has 3 amide bonds. The minimum Gasteiger partial charge on any atom is -0.490 e. The number of anilines is 2. The number of rotatable bonds is 9. The summed E-state index contributed by atoms with van der Waals surface area (Å²) in [5.41, 5.74) is 5.59. The Kier molecular flexibility index (Phi) is 9.31. The predicted molar refractivity (Wildman–Crippen MR) is 138 cm³/mol. The van der Waals surface area contributed by atoms with Crippen molar-refractivity contribution in [3.63, 3.8) is 0 Å². The quantitative estimate of drug-likeness (QED) is 0.231. The van der Waals surface area contributed by atoms with Crippen LogP contribution in [-0.4, -0.2) is 37.1 Å². The van der Waals surface area contributed by atoms with Crippen molar-refractivity contribution in [3.05, 3.63) is 83.2 Å². The zero-order valence-corrected chi connectivity index (χ0v) is 20.6. The van der Waals surface area contributed by atoms with Crippen molar-refractivity contribution in [3.8, 4) is 11.5 Å². The number of ether oxygens (including phenoxy) is 2. The average Bonchev–Trinajstić information content (AvgIpc) is 2.87. The van der Waals surface area contributed by atoms with Crippen LogP contribution in [0.15, 0.2) is 65.8 Å². The van der Waals surface area contributed by atoms with E-state index in [1.807, 2.05) is 32.0 Å². The van der Waals surface area contributed by atoms with Crippen LogP contribution in [0.2, 0.25) is 0 Å². The van der Waals surface area contributed by atoms with Crippen molar-refractivity contribution in [1.29, 1.82) is 0 Å². The molecule has 9 nitrogen and oxygen atoms in total. The molecule has 0 bridgehead atoms. The second kappa shape index (κ2) is 12.8. The molecule has 192 valence electrons. The van der Waals surface area contributed by atoms with Gasteiger partial charge in [0.25, 0.3) is 5.91 Å². The number of hydrogen-bond acceptors (Lipinski definition) is 6. The summed E-state index contributed by atoms with van der Waals surface area (Å²) in [6.07, 6.45) is 1.32. The lowest BCUT2D eigenvalue weighted by Gasteiger charge is -2.14. The highest BCUT2D eigenvalue weighted by atomic mass is 19.1. The summed E-state index contributed by atoms with van der Waals surface area (Å²) in [4.78, 5) is 36.3. The molecule has 0 aliphatic heterocycles. The van der Waals surface area contributed by atoms with Gasteiger partial charge in [0.1, 0.15) is 5.82 Å². The first-order valence-electron chi connectivity index (χ1n) is 11.4. The Morgan fingerprint density at radius 2 is 1.59 bits per heavy atom. The molecular formula is C27H27FN4O5. The molecule has 3 rings (SSSR count). The van der Waals surface area contributed by atoms with Gasteiger partial charge in [-0.1, -0.05) is 18.2 Å². The fraction of sp³-hybridized carbons (Fsp3) is 0.185. The van der Waals surface area contributed by atoms with Gasteiger partial charge >= 0.3 is 11.8 Å². The predicted octanol–water partition coefficient (Wildman–Crippen LogP) is 3.95. The molecule has 37 heavy (non-hydrogen) atoms. The van der Waals surface area contributed by atoms with Gasteiger partial charge in [-0.25, -0.2) is 9.82 Å². The zero-order chi connectivity index (χ0) is 26.8. The van der Waals surface area contributed by atoms with Gasteiger partial charge in [-0.05, 0) is 79.9 Å². The third kappa shape index (κ3) is 7.89. The monoisotopic (exact) mass is 506 g/mol. The highest BCUT2D eigenvalue weighted by Crippen LogP contribution is 2.28. The number of carbonyl (C=O) groups is 3. The van der Waals surface area contributed by atoms with Crippen LogP contribution in [0.25, 0.3) is 0 Å². The molecule has 0 aromatic heterocycles. The van der Waals surface area contributed by atoms with E-state index in [1.54, 1.807) is 25.1 Å². The summed E-state index contributed by atoms with van der Waals surface area (Å²) in [6, 6.07) is 15.6. The molecule has 10 heteroatoms. The molecular weight excluding hydrogens is 479 g/mol. The van der Waals surface area contributed by atoms with E-state index in [1.165, 1.54) is 18.3 Å². The molecule has 3 aromatic carbocycles. The van der Waals surface area contributed by atoms with Crippen LogP contribution in [0.5, 0.6) is 11.5 Å². The van der Waals surface area contributed by atoms with Gasteiger partial charge in [0.15, 0.2) is 18.1 Å². The number of aryl methyl sites for hydroxylation is 2. The maximum Gasteiger partial charge on any atom is 0.329 e. The third-order valence-electron chi connectivity index (χ3n) is 5.06. The van der Waals surface area contributed by atoms with E-state index in [-0.39, 0.29) is 18.2 Å². The van der Waals surface area contributed by atoms with Gasteiger partial charge in [-0.3, -0.25) is 14.4 Å². The Bertz CT molecular complexity index is 1290. The molecule has 0 spiro atoms. The number of para-hydroxylation sites is 1. The number of benzene rings is 3. The molecule has 0 atom stereocenters. The Labute approximate surface area is 213 Å². The topological polar surface area (TPSA) is 118 Å². The lowest BCUT2D eigenvalue weighted by Crippen LogP contribution is -2.32. The Hall–Kier alpha value is -4.73. The van der Waals surface area contributed by atoms with Gasteiger partial charge in [0.05, 0.1) is 12.8 Å². The van der Waals surface area contributed by atoms with Crippen molar-refractivity contribution in [2.24, 2.45) is 5.10 Å². The van der Waals surface area contributed by atoms with E-state index in [2.05, 4.69) is 21.2 Å². The van der Waals surface area contributed by atoms with Gasteiger partial charge in [0, 0.05) is 11.4 Å². The second-order valence-corrected chi connectivity index (χ2v) is 7.90. The molecule has 0 unspecified atom stereocenters. The number of carbonyl (C=O) groups excluding carboxylic acids is 3. The molecule has 0 aliphatic carbocycles. The Morgan fingerprint density at radius 1 is 0.892 bits per heavy atom. The lowest BCUT2D eigenvalue weighted by atomic mass is 10.1. The van der Waals surface area contributed by atoms with Crippen molar-refractivity contribution < 1.29 is 28.2 Å². The summed E-state index contributed by atoms with van der Waals surface area (Å²) in [7, 11) is 0. The number of hydrogen-bond donors (Lipinski definition) is 3. The standard InChI is InChI=1S/C27H27FN4O5/c1-4-36-23-14-19(15-29-32-27(35)26(34)30-21-11-9-20(28)10-12-21)8-13-22(23)37-16-24(33)31-25-17(2)6-5-7-18(25)3/h5-15H,4,16H2,1-3H3,(H,30,34)(H,31,33)(H,32,35)/b29-15-. The maximum absolute atomic E-state index is 13.0. The molecule has 0 heterocycles. The smallest absolute Gasteiger partial charge is 0.329 e. The molecule has 0 saturated carbocycles. The van der Waals surface area contributed by atoms with Gasteiger partial charge in [-0.15, -0.1) is 0 Å². The van der Waals surface area contributed by atoms with Gasteiger partial charge in [-0.2, -0.15) is 5.10 Å². The first kappa shape index (κ1) is 26.9. The Morgan fingerprint density at radius 3 is 2.27 bits per heavy atom. The molecule has 0 saturated heterocycles. The van der Waals surface area contributed by atoms with E-state index in [4.69, 9.17) is 9.47 Å². The van der Waals surface area contributed by atoms with Crippen LogP contribution in [-0.2, 0) is 14.4 Å². The van der Waals surface area contributed by atoms with Gasteiger partial charge in [0.2, 0.25) is 0 Å². The number of hydrazone groups is 1. The summed E-state index contributed by atoms with van der Waals surface area (Å²) >= 11 is 0. The zero-order valence-electron chi connectivity index (χ0n) is 20.6. The van der Waals surface area contributed by atoms with Crippen LogP contribution in [0, 0.1) is 19.7 Å². The van der Waals surface area contributed by atoms with Crippen molar-refractivity contribution in [2.75, 3.05) is 23.8 Å². The third-order valence-corrected chi connectivity index (χ3v) is 5.06. The highest BCUT2D eigenvalue weighted by Gasteiger charge is 2.14. The Balaban J connectivity index is 1.57. The molecule has 3 aromatic rings. The van der Waals surface area contributed by atoms with Crippen LogP contribution in [0.1, 0.15) is 23.6 Å². The van der Waals surface area contributed by atoms with Gasteiger partial charge < -0.3 is 20.1 Å². The second-order valence-electron chi connectivity index (χ2n) is 7.90. The first-order valence-corrected chi connectivity index (χ1v) is 11.4. The SMILES string of the molecule is CCOc1cc(/C=N\NC(=O)C(=O)Nc2ccc(F)cc2)ccc1OCC(=O)Nc1c(C)cccc1C. The summed E-state index contributed by atoms with van der Waals surface area (Å²) in [5, 5.41) is 8.98. The molecule has 0 radical (unpaired) electrons. The first-order chi connectivity index (χ1) is 17.8. The number of amides is 3. The minimum absolute atomic E-state index is 0.222. The van der Waals surface area contributed by atoms with E-state index < -0.39 is 17.6 Å². The maximum atomic E-state index is 13.0. The molecule has 3 N–H and O–H groups in total. The van der Waals surface area contributed by atoms with E-state index in [9.17, 15) is 18.8 Å². The lowest BCUT2D eigenvalue weighted by molar-refractivity contribution is -0.136. The summed E-state index contributed by atoms with van der Waals surface area (Å²) < 4.78 is 24.2. The minimum atomic E-state index is -1.000. The van der Waals surface area contributed by atoms with Crippen molar-refractivity contribution in [1.82, 2.24) is 5.43 Å². The van der Waals surface area contributed by atoms with Crippen LogP contribution in [0.3, 0.4) is 0 Å². The fourth-order valence-electron chi connectivity index (χ4n) is 3.26. The number of halogens is 1. The van der Waals surface area contributed by atoms with Crippen LogP contribution < -0.4 is 25.5 Å². The summed E-state index contributed by atoms with van der Waals surface area (Å²) in [5.74, 6) is -1.99. The van der Waals surface area contributed by atoms with Crippen molar-refractivity contribution >= 4 is 35.3 Å². The molecule has 0 aliphatic rings. The van der Waals surface area contributed by atoms with Crippen molar-refractivity contribution in [2.45, 2.75) is 20.8 Å². The van der Waals surface area contributed by atoms with E-state index >= 15 is 0 Å². The average molecular weight is 507 g/mol. The van der Waals surface area contributed by atoms with E-state index in [0.29, 0.717) is 23.7 Å². The number of nitrogens with zero attached hydrogens (tertiary/aromatic N) is 1. The molecule has 0 fully saturated rings. The highest BCUT2D eigenvalue weighted by molar-refractivity contribution is 6.39. The number of nitrogens with one attached hydrogen (secondary N) is 3. The summed E-state index contributed by atoms with van der Waals surface area (Å²) in [6.45, 7) is 5.76. The fourth-order valence-corrected chi connectivity index (χ4v) is 3.26.